The molecule has 0 saturated carbocycles. The minimum Gasteiger partial charge on any atom is -0.308 e. The van der Waals surface area contributed by atoms with Crippen LogP contribution in [0.4, 0.5) is 5.69 Å². The summed E-state index contributed by atoms with van der Waals surface area (Å²) in [7, 11) is 0. The molecule has 1 N–H and O–H groups in total. The number of piperidine rings is 1. The monoisotopic (exact) mass is 264 g/mol. The Labute approximate surface area is 115 Å². The van der Waals surface area contributed by atoms with Gasteiger partial charge in [-0.15, -0.1) is 0 Å². The van der Waals surface area contributed by atoms with E-state index in [1.807, 2.05) is 15.8 Å². The first-order valence-corrected chi connectivity index (χ1v) is 7.10. The highest BCUT2D eigenvalue weighted by molar-refractivity contribution is 5.97. The Morgan fingerprint density at radius 3 is 2.68 bits per heavy atom. The van der Waals surface area contributed by atoms with E-state index < -0.39 is 0 Å². The number of amides is 1. The minimum absolute atomic E-state index is 0.0591. The molecule has 0 radical (unpaired) electrons. The minimum atomic E-state index is -0.0591. The Morgan fingerprint density at radius 2 is 2.11 bits per heavy atom. The van der Waals surface area contributed by atoms with Gasteiger partial charge in [-0.25, -0.2) is 0 Å². The topological polar surface area (TPSA) is 50.2 Å². The number of aromatic nitrogens is 2. The molecule has 1 aromatic rings. The van der Waals surface area contributed by atoms with Crippen molar-refractivity contribution in [3.63, 3.8) is 0 Å². The summed E-state index contributed by atoms with van der Waals surface area (Å²) in [5, 5.41) is 7.66. The van der Waals surface area contributed by atoms with Crippen LogP contribution < -0.4 is 10.2 Å². The van der Waals surface area contributed by atoms with Crippen molar-refractivity contribution in [1.29, 1.82) is 0 Å². The van der Waals surface area contributed by atoms with Crippen LogP contribution in [0.15, 0.2) is 12.4 Å². The fourth-order valence-electron chi connectivity index (χ4n) is 2.44. The van der Waals surface area contributed by atoms with Gasteiger partial charge >= 0.3 is 0 Å². The maximum atomic E-state index is 12.5. The van der Waals surface area contributed by atoms with Crippen molar-refractivity contribution >= 4 is 11.6 Å². The molecule has 2 heterocycles. The van der Waals surface area contributed by atoms with Crippen LogP contribution in [0.5, 0.6) is 0 Å². The van der Waals surface area contributed by atoms with E-state index in [2.05, 4.69) is 38.1 Å². The van der Waals surface area contributed by atoms with Crippen LogP contribution in [0.1, 0.15) is 46.6 Å². The smallest absolute Gasteiger partial charge is 0.244 e. The molecule has 0 aliphatic carbocycles. The fraction of sp³-hybridized carbons (Fsp3) is 0.714. The molecule has 5 nitrogen and oxygen atoms in total. The predicted octanol–water partition coefficient (Wildman–Crippen LogP) is 1.96. The summed E-state index contributed by atoms with van der Waals surface area (Å²) in [6, 6.07) is 0.585. The van der Waals surface area contributed by atoms with Gasteiger partial charge in [-0.05, 0) is 26.7 Å². The molecule has 0 spiro atoms. The molecular formula is C14H24N4O. The number of nitrogens with one attached hydrogen (secondary N) is 1. The van der Waals surface area contributed by atoms with E-state index in [9.17, 15) is 4.79 Å². The first-order valence-electron chi connectivity index (χ1n) is 7.10. The van der Waals surface area contributed by atoms with E-state index >= 15 is 0 Å². The highest BCUT2D eigenvalue weighted by Crippen LogP contribution is 2.21. The average molecular weight is 264 g/mol. The molecule has 106 valence electrons. The number of rotatable bonds is 4. The van der Waals surface area contributed by atoms with Gasteiger partial charge in [-0.3, -0.25) is 9.48 Å². The van der Waals surface area contributed by atoms with Crippen molar-refractivity contribution in [3.05, 3.63) is 12.4 Å². The fourth-order valence-corrected chi connectivity index (χ4v) is 2.44. The Hall–Kier alpha value is -1.36. The van der Waals surface area contributed by atoms with Crippen molar-refractivity contribution in [1.82, 2.24) is 15.1 Å². The number of carbonyl (C=O) groups excluding carboxylic acids is 1. The molecule has 1 fully saturated rings. The van der Waals surface area contributed by atoms with E-state index in [4.69, 9.17) is 0 Å². The van der Waals surface area contributed by atoms with Crippen molar-refractivity contribution in [2.45, 2.75) is 58.7 Å². The van der Waals surface area contributed by atoms with Crippen LogP contribution in [0.25, 0.3) is 0 Å². The molecule has 0 bridgehead atoms. The van der Waals surface area contributed by atoms with Crippen LogP contribution >= 0.6 is 0 Å². The van der Waals surface area contributed by atoms with Gasteiger partial charge < -0.3 is 10.2 Å². The van der Waals surface area contributed by atoms with Crippen LogP contribution in [-0.4, -0.2) is 34.3 Å². The molecule has 1 amide bonds. The van der Waals surface area contributed by atoms with Crippen LogP contribution in [0.3, 0.4) is 0 Å². The van der Waals surface area contributed by atoms with Gasteiger partial charge in [0.25, 0.3) is 0 Å². The average Bonchev–Trinajstić information content (AvgIpc) is 2.80. The lowest BCUT2D eigenvalue weighted by Crippen LogP contribution is -2.52. The number of carbonyl (C=O) groups is 1. The Bertz CT molecular complexity index is 438. The zero-order chi connectivity index (χ0) is 14.0. The highest BCUT2D eigenvalue weighted by atomic mass is 16.2. The summed E-state index contributed by atoms with van der Waals surface area (Å²) in [6.45, 7) is 9.10. The number of hydrogen-bond donors (Lipinski definition) is 1. The molecule has 2 rings (SSSR count). The third-order valence-corrected chi connectivity index (χ3v) is 3.40. The van der Waals surface area contributed by atoms with Gasteiger partial charge in [-0.2, -0.15) is 5.10 Å². The lowest BCUT2D eigenvalue weighted by molar-refractivity contribution is -0.121. The molecule has 5 heteroatoms. The summed E-state index contributed by atoms with van der Waals surface area (Å²) >= 11 is 0. The first-order chi connectivity index (χ1) is 8.99. The van der Waals surface area contributed by atoms with Gasteiger partial charge in [0.1, 0.15) is 0 Å². The van der Waals surface area contributed by atoms with E-state index in [0.717, 1.165) is 25.1 Å². The van der Waals surface area contributed by atoms with E-state index in [0.29, 0.717) is 12.1 Å². The molecule has 1 atom stereocenters. The second kappa shape index (κ2) is 5.74. The summed E-state index contributed by atoms with van der Waals surface area (Å²) in [6.07, 6.45) is 5.70. The molecule has 1 saturated heterocycles. The lowest BCUT2D eigenvalue weighted by atomic mass is 10.0. The highest BCUT2D eigenvalue weighted by Gasteiger charge is 2.30. The van der Waals surface area contributed by atoms with Crippen LogP contribution in [0.2, 0.25) is 0 Å². The standard InChI is InChI=1S/C14H24N4O/c1-10(2)16-13-6-5-7-17(14(13)19)12-8-15-18(9-12)11(3)4/h8-11,13,16H,5-7H2,1-4H3. The quantitative estimate of drug-likeness (QED) is 0.904. The molecule has 1 aliphatic rings. The summed E-state index contributed by atoms with van der Waals surface area (Å²) in [4.78, 5) is 14.3. The Kier molecular flexibility index (Phi) is 4.24. The summed E-state index contributed by atoms with van der Waals surface area (Å²) in [5.74, 6) is 0.170. The summed E-state index contributed by atoms with van der Waals surface area (Å²) < 4.78 is 1.89. The van der Waals surface area contributed by atoms with Crippen molar-refractivity contribution in [2.24, 2.45) is 0 Å². The largest absolute Gasteiger partial charge is 0.308 e. The molecule has 0 aromatic carbocycles. The van der Waals surface area contributed by atoms with Gasteiger partial charge in [-0.1, -0.05) is 13.8 Å². The third kappa shape index (κ3) is 3.15. The van der Waals surface area contributed by atoms with E-state index in [1.54, 1.807) is 6.20 Å². The predicted molar refractivity (Wildman–Crippen MR) is 76.3 cm³/mol. The first kappa shape index (κ1) is 14.1. The zero-order valence-electron chi connectivity index (χ0n) is 12.3. The third-order valence-electron chi connectivity index (χ3n) is 3.40. The second-order valence-corrected chi connectivity index (χ2v) is 5.78. The van der Waals surface area contributed by atoms with Gasteiger partial charge in [0, 0.05) is 24.8 Å². The maximum absolute atomic E-state index is 12.5. The Balaban J connectivity index is 2.12. The number of hydrogen-bond acceptors (Lipinski definition) is 3. The molecule has 1 aliphatic heterocycles. The SMILES string of the molecule is CC(C)NC1CCCN(c2cnn(C(C)C)c2)C1=O. The lowest BCUT2D eigenvalue weighted by Gasteiger charge is -2.32. The molecule has 19 heavy (non-hydrogen) atoms. The Morgan fingerprint density at radius 1 is 1.37 bits per heavy atom. The number of nitrogens with zero attached hydrogens (tertiary/aromatic N) is 3. The molecule has 1 aromatic heterocycles. The van der Waals surface area contributed by atoms with Crippen molar-refractivity contribution in [2.75, 3.05) is 11.4 Å². The van der Waals surface area contributed by atoms with Crippen LogP contribution in [0, 0.1) is 0 Å². The zero-order valence-corrected chi connectivity index (χ0v) is 12.3. The molecule has 1 unspecified atom stereocenters. The van der Waals surface area contributed by atoms with Gasteiger partial charge in [0.2, 0.25) is 5.91 Å². The van der Waals surface area contributed by atoms with Crippen LogP contribution in [-0.2, 0) is 4.79 Å². The van der Waals surface area contributed by atoms with Crippen molar-refractivity contribution < 1.29 is 4.79 Å². The molecular weight excluding hydrogens is 240 g/mol. The van der Waals surface area contributed by atoms with Gasteiger partial charge in [0.15, 0.2) is 0 Å². The number of anilines is 1. The van der Waals surface area contributed by atoms with E-state index in [-0.39, 0.29) is 11.9 Å². The second-order valence-electron chi connectivity index (χ2n) is 5.78. The normalized spacial score (nSPS) is 20.6. The van der Waals surface area contributed by atoms with Crippen molar-refractivity contribution in [3.8, 4) is 0 Å². The van der Waals surface area contributed by atoms with E-state index in [1.165, 1.54) is 0 Å². The maximum Gasteiger partial charge on any atom is 0.244 e. The summed E-state index contributed by atoms with van der Waals surface area (Å²) in [5.41, 5.74) is 0.911. The van der Waals surface area contributed by atoms with Gasteiger partial charge in [0.05, 0.1) is 17.9 Å².